The molecule has 1 unspecified atom stereocenters. The number of hydrogen-bond donors (Lipinski definition) is 1. The van der Waals surface area contributed by atoms with Gasteiger partial charge in [-0.1, -0.05) is 6.92 Å². The fraction of sp³-hybridized carbons (Fsp3) is 0.706. The number of rotatable bonds is 2. The third kappa shape index (κ3) is 2.53. The van der Waals surface area contributed by atoms with Gasteiger partial charge in [0.2, 0.25) is 5.91 Å². The van der Waals surface area contributed by atoms with Gasteiger partial charge in [-0.2, -0.15) is 0 Å². The molecule has 116 valence electrons. The summed E-state index contributed by atoms with van der Waals surface area (Å²) in [4.78, 5) is 16.7. The second-order valence-corrected chi connectivity index (χ2v) is 7.89. The lowest BCUT2D eigenvalue weighted by molar-refractivity contribution is -0.146. The van der Waals surface area contributed by atoms with E-state index < -0.39 is 0 Å². The molecule has 1 saturated carbocycles. The van der Waals surface area contributed by atoms with Crippen LogP contribution in [-0.2, 0) is 11.2 Å². The lowest BCUT2D eigenvalue weighted by atomic mass is 9.69. The van der Waals surface area contributed by atoms with E-state index in [1.54, 1.807) is 0 Å². The van der Waals surface area contributed by atoms with E-state index in [2.05, 4.69) is 30.2 Å². The molecule has 0 radical (unpaired) electrons. The highest BCUT2D eigenvalue weighted by atomic mass is 32.1. The van der Waals surface area contributed by atoms with Crippen LogP contribution in [-0.4, -0.2) is 23.9 Å². The number of thiophene rings is 1. The van der Waals surface area contributed by atoms with Crippen molar-refractivity contribution in [3.8, 4) is 0 Å². The van der Waals surface area contributed by atoms with Crippen molar-refractivity contribution in [1.29, 1.82) is 0 Å². The lowest BCUT2D eigenvalue weighted by Gasteiger charge is -2.44. The number of nitrogens with zero attached hydrogens (tertiary/aromatic N) is 1. The first-order valence-electron chi connectivity index (χ1n) is 8.15. The molecule has 1 aromatic rings. The van der Waals surface area contributed by atoms with E-state index in [9.17, 15) is 4.79 Å². The van der Waals surface area contributed by atoms with Crippen LogP contribution in [0.1, 0.15) is 56.0 Å². The van der Waals surface area contributed by atoms with E-state index in [0.717, 1.165) is 44.6 Å². The Balaban J connectivity index is 1.81. The molecule has 0 saturated heterocycles. The molecule has 21 heavy (non-hydrogen) atoms. The van der Waals surface area contributed by atoms with Crippen molar-refractivity contribution in [3.63, 3.8) is 0 Å². The maximum absolute atomic E-state index is 13.2. The second-order valence-electron chi connectivity index (χ2n) is 6.89. The lowest BCUT2D eigenvalue weighted by Crippen LogP contribution is -2.51. The molecular weight excluding hydrogens is 280 g/mol. The molecule has 1 aliphatic heterocycles. The highest BCUT2D eigenvalue weighted by Crippen LogP contribution is 2.42. The maximum Gasteiger partial charge on any atom is 0.230 e. The Morgan fingerprint density at radius 2 is 2.14 bits per heavy atom. The van der Waals surface area contributed by atoms with Crippen LogP contribution in [0.3, 0.4) is 0 Å². The normalized spacial score (nSPS) is 32.8. The summed E-state index contributed by atoms with van der Waals surface area (Å²) in [6.45, 7) is 5.80. The van der Waals surface area contributed by atoms with Crippen LogP contribution in [0, 0.1) is 11.3 Å². The summed E-state index contributed by atoms with van der Waals surface area (Å²) in [6, 6.07) is 2.39. The Kier molecular flexibility index (Phi) is 4.10. The van der Waals surface area contributed by atoms with E-state index in [-0.39, 0.29) is 11.5 Å². The highest BCUT2D eigenvalue weighted by Gasteiger charge is 2.44. The first-order valence-corrected chi connectivity index (χ1v) is 9.03. The third-order valence-corrected chi connectivity index (χ3v) is 6.61. The first-order chi connectivity index (χ1) is 10.1. The van der Waals surface area contributed by atoms with Gasteiger partial charge in [0.15, 0.2) is 0 Å². The minimum atomic E-state index is -0.297. The zero-order valence-corrected chi connectivity index (χ0v) is 13.9. The average Bonchev–Trinajstić information content (AvgIpc) is 2.98. The van der Waals surface area contributed by atoms with Crippen molar-refractivity contribution >= 4 is 17.2 Å². The molecule has 1 atom stereocenters. The van der Waals surface area contributed by atoms with Gasteiger partial charge in [-0.15, -0.1) is 11.3 Å². The molecule has 4 heteroatoms. The van der Waals surface area contributed by atoms with Crippen molar-refractivity contribution in [2.75, 3.05) is 13.1 Å². The summed E-state index contributed by atoms with van der Waals surface area (Å²) in [5.74, 6) is 1.04. The Labute approximate surface area is 131 Å². The molecule has 1 amide bonds. The minimum absolute atomic E-state index is 0.204. The molecule has 1 aliphatic carbocycles. The Morgan fingerprint density at radius 1 is 1.43 bits per heavy atom. The standard InChI is InChI=1S/C17H26N2OS/c1-12-3-7-17(11-18,8-4-12)16(20)19-9-5-15-14(13(19)2)6-10-21-15/h6,10,12-13H,3-5,7-9,11,18H2,1-2H3. The predicted molar refractivity (Wildman–Crippen MR) is 87.3 cm³/mol. The van der Waals surface area contributed by atoms with Crippen LogP contribution < -0.4 is 5.73 Å². The van der Waals surface area contributed by atoms with Crippen LogP contribution in [0.15, 0.2) is 11.4 Å². The fourth-order valence-corrected chi connectivity index (χ4v) is 4.87. The van der Waals surface area contributed by atoms with E-state index in [0.29, 0.717) is 12.5 Å². The molecule has 2 N–H and O–H groups in total. The molecule has 0 aromatic carbocycles. The molecular formula is C17H26N2OS. The number of carbonyl (C=O) groups excluding carboxylic acids is 1. The van der Waals surface area contributed by atoms with Gasteiger partial charge in [0.05, 0.1) is 11.5 Å². The van der Waals surface area contributed by atoms with E-state index in [1.165, 1.54) is 10.4 Å². The van der Waals surface area contributed by atoms with Gasteiger partial charge >= 0.3 is 0 Å². The van der Waals surface area contributed by atoms with Crippen LogP contribution >= 0.6 is 11.3 Å². The van der Waals surface area contributed by atoms with Crippen molar-refractivity contribution in [2.24, 2.45) is 17.1 Å². The van der Waals surface area contributed by atoms with Gasteiger partial charge in [-0.25, -0.2) is 0 Å². The minimum Gasteiger partial charge on any atom is -0.335 e. The van der Waals surface area contributed by atoms with Crippen LogP contribution in [0.5, 0.6) is 0 Å². The summed E-state index contributed by atoms with van der Waals surface area (Å²) in [5, 5.41) is 2.15. The monoisotopic (exact) mass is 306 g/mol. The largest absolute Gasteiger partial charge is 0.335 e. The van der Waals surface area contributed by atoms with E-state index in [4.69, 9.17) is 5.73 Å². The molecule has 1 fully saturated rings. The van der Waals surface area contributed by atoms with Crippen molar-refractivity contribution in [2.45, 2.75) is 52.0 Å². The van der Waals surface area contributed by atoms with Gasteiger partial charge in [-0.05, 0) is 62.0 Å². The first kappa shape index (κ1) is 15.0. The third-order valence-electron chi connectivity index (χ3n) is 5.61. The number of hydrogen-bond acceptors (Lipinski definition) is 3. The zero-order valence-electron chi connectivity index (χ0n) is 13.1. The van der Waals surface area contributed by atoms with Gasteiger partial charge < -0.3 is 10.6 Å². The molecule has 0 bridgehead atoms. The number of fused-ring (bicyclic) bond motifs is 1. The van der Waals surface area contributed by atoms with Crippen LogP contribution in [0.4, 0.5) is 0 Å². The second kappa shape index (κ2) is 5.73. The topological polar surface area (TPSA) is 46.3 Å². The Hall–Kier alpha value is -0.870. The summed E-state index contributed by atoms with van der Waals surface area (Å²) in [5.41, 5.74) is 7.11. The van der Waals surface area contributed by atoms with Crippen molar-refractivity contribution in [3.05, 3.63) is 21.9 Å². The predicted octanol–water partition coefficient (Wildman–Crippen LogP) is 3.35. The van der Waals surface area contributed by atoms with Crippen molar-refractivity contribution < 1.29 is 4.79 Å². The van der Waals surface area contributed by atoms with Gasteiger partial charge in [0, 0.05) is 18.0 Å². The fourth-order valence-electron chi connectivity index (χ4n) is 3.91. The number of amides is 1. The number of carbonyl (C=O) groups is 1. The SMILES string of the molecule is CC1CCC(CN)(C(=O)N2CCc3sccc3C2C)CC1. The van der Waals surface area contributed by atoms with E-state index in [1.807, 2.05) is 11.3 Å². The van der Waals surface area contributed by atoms with Gasteiger partial charge in [0.1, 0.15) is 0 Å². The molecule has 0 spiro atoms. The smallest absolute Gasteiger partial charge is 0.230 e. The summed E-state index contributed by atoms with van der Waals surface area (Å²) in [6.07, 6.45) is 5.19. The Bertz CT molecular complexity index is 517. The molecule has 2 heterocycles. The average molecular weight is 306 g/mol. The summed E-state index contributed by atoms with van der Waals surface area (Å²) >= 11 is 1.82. The van der Waals surface area contributed by atoms with Crippen LogP contribution in [0.25, 0.3) is 0 Å². The summed E-state index contributed by atoms with van der Waals surface area (Å²) < 4.78 is 0. The zero-order chi connectivity index (χ0) is 15.0. The molecule has 3 nitrogen and oxygen atoms in total. The molecule has 3 rings (SSSR count). The summed E-state index contributed by atoms with van der Waals surface area (Å²) in [7, 11) is 0. The van der Waals surface area contributed by atoms with Gasteiger partial charge in [0.25, 0.3) is 0 Å². The quantitative estimate of drug-likeness (QED) is 0.911. The van der Waals surface area contributed by atoms with Crippen molar-refractivity contribution in [1.82, 2.24) is 4.90 Å². The molecule has 2 aliphatic rings. The number of nitrogens with two attached hydrogens (primary N) is 1. The molecule has 1 aromatic heterocycles. The maximum atomic E-state index is 13.2. The highest BCUT2D eigenvalue weighted by molar-refractivity contribution is 7.10. The van der Waals surface area contributed by atoms with Gasteiger partial charge in [-0.3, -0.25) is 4.79 Å². The van der Waals surface area contributed by atoms with Crippen LogP contribution in [0.2, 0.25) is 0 Å². The van der Waals surface area contributed by atoms with E-state index >= 15 is 0 Å². The Morgan fingerprint density at radius 3 is 2.81 bits per heavy atom.